The number of hydrogen-bond acceptors (Lipinski definition) is 2. The zero-order chi connectivity index (χ0) is 18.4. The van der Waals surface area contributed by atoms with Crippen LogP contribution in [0.4, 0.5) is 5.69 Å². The van der Waals surface area contributed by atoms with Gasteiger partial charge in [-0.1, -0.05) is 70.5 Å². The highest BCUT2D eigenvalue weighted by Crippen LogP contribution is 2.35. The van der Waals surface area contributed by atoms with Crippen molar-refractivity contribution in [2.45, 2.75) is 0 Å². The van der Waals surface area contributed by atoms with E-state index in [2.05, 4.69) is 75.6 Å². The fraction of sp³-hybridized carbons (Fsp3) is 0.0417. The minimum Gasteiger partial charge on any atom is -0.269 e. The lowest BCUT2D eigenvalue weighted by Crippen LogP contribution is -2.08. The van der Waals surface area contributed by atoms with Crippen molar-refractivity contribution in [2.24, 2.45) is 5.10 Å². The van der Waals surface area contributed by atoms with E-state index in [-0.39, 0.29) is 0 Å². The summed E-state index contributed by atoms with van der Waals surface area (Å²) in [4.78, 5) is 0. The standard InChI is InChI=1S/C24H17BrN2/c1-27(21-12-10-20(25)11-13-21)26-15-19-8-7-18-6-5-16-3-2-4-17-9-14-22(19)24(18)23(16)17/h2-15H,1H3. The van der Waals surface area contributed by atoms with E-state index < -0.39 is 0 Å². The van der Waals surface area contributed by atoms with E-state index >= 15 is 0 Å². The first-order valence-corrected chi connectivity index (χ1v) is 9.70. The SMILES string of the molecule is CN(N=Cc1ccc2ccc3cccc4ccc1c2c34)c1ccc(Br)cc1. The molecular weight excluding hydrogens is 396 g/mol. The third kappa shape index (κ3) is 2.75. The van der Waals surface area contributed by atoms with Crippen molar-refractivity contribution >= 4 is 60.1 Å². The molecule has 130 valence electrons. The summed E-state index contributed by atoms with van der Waals surface area (Å²) in [5, 5.41) is 14.3. The average Bonchev–Trinajstić information content (AvgIpc) is 2.71. The molecule has 0 aliphatic carbocycles. The fourth-order valence-corrected chi connectivity index (χ4v) is 4.01. The van der Waals surface area contributed by atoms with Crippen LogP contribution in [0.3, 0.4) is 0 Å². The molecule has 0 atom stereocenters. The molecule has 0 aromatic heterocycles. The van der Waals surface area contributed by atoms with Gasteiger partial charge < -0.3 is 0 Å². The molecule has 5 aromatic rings. The monoisotopic (exact) mass is 412 g/mol. The molecule has 0 fully saturated rings. The van der Waals surface area contributed by atoms with E-state index in [9.17, 15) is 0 Å². The molecule has 2 nitrogen and oxygen atoms in total. The Hall–Kier alpha value is -2.91. The van der Waals surface area contributed by atoms with E-state index in [1.54, 1.807) is 0 Å². The van der Waals surface area contributed by atoms with Crippen molar-refractivity contribution in [3.05, 3.63) is 88.9 Å². The van der Waals surface area contributed by atoms with Gasteiger partial charge >= 0.3 is 0 Å². The van der Waals surface area contributed by atoms with Crippen molar-refractivity contribution in [2.75, 3.05) is 12.1 Å². The van der Waals surface area contributed by atoms with Gasteiger partial charge in [0.1, 0.15) is 0 Å². The van der Waals surface area contributed by atoms with Gasteiger partial charge in [0.2, 0.25) is 0 Å². The number of rotatable bonds is 3. The number of hydrazone groups is 1. The van der Waals surface area contributed by atoms with Crippen LogP contribution in [0.15, 0.2) is 88.4 Å². The Morgan fingerprint density at radius 3 is 2.11 bits per heavy atom. The first-order chi connectivity index (χ1) is 13.2. The maximum absolute atomic E-state index is 4.67. The Bertz CT molecular complexity index is 1270. The molecule has 0 saturated carbocycles. The summed E-state index contributed by atoms with van der Waals surface area (Å²) in [6, 6.07) is 27.8. The van der Waals surface area contributed by atoms with E-state index in [0.29, 0.717) is 0 Å². The predicted octanol–water partition coefficient (Wildman–Crippen LogP) is 6.82. The summed E-state index contributed by atoms with van der Waals surface area (Å²) in [5.41, 5.74) is 2.18. The quantitative estimate of drug-likeness (QED) is 0.180. The van der Waals surface area contributed by atoms with Gasteiger partial charge in [0.05, 0.1) is 11.9 Å². The molecular formula is C24H17BrN2. The molecule has 0 heterocycles. The Balaban J connectivity index is 1.64. The molecule has 0 bridgehead atoms. The Morgan fingerprint density at radius 1 is 0.741 bits per heavy atom. The first-order valence-electron chi connectivity index (χ1n) is 8.90. The van der Waals surface area contributed by atoms with Crippen LogP contribution >= 0.6 is 15.9 Å². The van der Waals surface area contributed by atoms with Crippen LogP contribution in [0.5, 0.6) is 0 Å². The first kappa shape index (κ1) is 16.3. The minimum atomic E-state index is 1.05. The third-order valence-corrected chi connectivity index (χ3v) is 5.66. The molecule has 0 aliphatic rings. The lowest BCUT2D eigenvalue weighted by Gasteiger charge is -2.14. The lowest BCUT2D eigenvalue weighted by atomic mass is 9.92. The molecule has 5 rings (SSSR count). The molecule has 0 N–H and O–H groups in total. The summed E-state index contributed by atoms with van der Waals surface area (Å²) in [7, 11) is 1.97. The van der Waals surface area contributed by atoms with Crippen LogP contribution < -0.4 is 5.01 Å². The van der Waals surface area contributed by atoms with Crippen LogP contribution in [0, 0.1) is 0 Å². The van der Waals surface area contributed by atoms with Crippen LogP contribution in [0.25, 0.3) is 32.3 Å². The maximum Gasteiger partial charge on any atom is 0.0591 e. The van der Waals surface area contributed by atoms with Crippen LogP contribution in [0.1, 0.15) is 5.56 Å². The fourth-order valence-electron chi connectivity index (χ4n) is 3.74. The molecule has 0 amide bonds. The lowest BCUT2D eigenvalue weighted by molar-refractivity contribution is 1.02. The van der Waals surface area contributed by atoms with Crippen LogP contribution in [0.2, 0.25) is 0 Å². The van der Waals surface area contributed by atoms with Gasteiger partial charge in [0.25, 0.3) is 0 Å². The van der Waals surface area contributed by atoms with Crippen molar-refractivity contribution in [3.63, 3.8) is 0 Å². The van der Waals surface area contributed by atoms with Crippen LogP contribution in [-0.2, 0) is 0 Å². The van der Waals surface area contributed by atoms with E-state index in [4.69, 9.17) is 0 Å². The normalized spacial score (nSPS) is 11.9. The Morgan fingerprint density at radius 2 is 1.37 bits per heavy atom. The van der Waals surface area contributed by atoms with Gasteiger partial charge in [-0.25, -0.2) is 0 Å². The number of hydrogen-bond donors (Lipinski definition) is 0. The van der Waals surface area contributed by atoms with Crippen molar-refractivity contribution in [3.8, 4) is 0 Å². The number of benzene rings is 5. The third-order valence-electron chi connectivity index (χ3n) is 5.13. The second-order valence-electron chi connectivity index (χ2n) is 6.76. The highest BCUT2D eigenvalue weighted by atomic mass is 79.9. The minimum absolute atomic E-state index is 1.05. The highest BCUT2D eigenvalue weighted by Gasteiger charge is 2.10. The smallest absolute Gasteiger partial charge is 0.0591 e. The molecule has 0 radical (unpaired) electrons. The number of anilines is 1. The van der Waals surface area contributed by atoms with E-state index in [1.165, 1.54) is 32.3 Å². The largest absolute Gasteiger partial charge is 0.269 e. The van der Waals surface area contributed by atoms with Crippen molar-refractivity contribution < 1.29 is 0 Å². The second kappa shape index (κ2) is 6.36. The average molecular weight is 413 g/mol. The predicted molar refractivity (Wildman–Crippen MR) is 120 cm³/mol. The molecule has 0 unspecified atom stereocenters. The van der Waals surface area contributed by atoms with Crippen molar-refractivity contribution in [1.82, 2.24) is 0 Å². The van der Waals surface area contributed by atoms with Crippen LogP contribution in [-0.4, -0.2) is 13.3 Å². The molecule has 0 spiro atoms. The number of nitrogens with zero attached hydrogens (tertiary/aromatic N) is 2. The van der Waals surface area contributed by atoms with Crippen molar-refractivity contribution in [1.29, 1.82) is 0 Å². The van der Waals surface area contributed by atoms with E-state index in [0.717, 1.165) is 15.7 Å². The zero-order valence-electron chi connectivity index (χ0n) is 14.9. The summed E-state index contributed by atoms with van der Waals surface area (Å²) in [6.07, 6.45) is 1.95. The summed E-state index contributed by atoms with van der Waals surface area (Å²) in [6.45, 7) is 0. The topological polar surface area (TPSA) is 15.6 Å². The zero-order valence-corrected chi connectivity index (χ0v) is 16.4. The molecule has 3 heteroatoms. The Labute approximate surface area is 166 Å². The van der Waals surface area contributed by atoms with Gasteiger partial charge in [-0.05, 0) is 56.6 Å². The molecule has 0 aliphatic heterocycles. The van der Waals surface area contributed by atoms with Gasteiger partial charge in [-0.3, -0.25) is 5.01 Å². The van der Waals surface area contributed by atoms with Gasteiger partial charge in [0, 0.05) is 17.1 Å². The summed E-state index contributed by atoms with van der Waals surface area (Å²) < 4.78 is 1.07. The summed E-state index contributed by atoms with van der Waals surface area (Å²) in [5.74, 6) is 0. The maximum atomic E-state index is 4.67. The molecule has 27 heavy (non-hydrogen) atoms. The van der Waals surface area contributed by atoms with E-state index in [1.807, 2.05) is 42.5 Å². The van der Waals surface area contributed by atoms with Gasteiger partial charge in [-0.2, -0.15) is 5.10 Å². The molecule has 5 aromatic carbocycles. The van der Waals surface area contributed by atoms with Gasteiger partial charge in [-0.15, -0.1) is 0 Å². The second-order valence-corrected chi connectivity index (χ2v) is 7.67. The number of halogens is 1. The summed E-state index contributed by atoms with van der Waals surface area (Å²) >= 11 is 3.47. The molecule has 0 saturated heterocycles. The Kier molecular flexibility index (Phi) is 3.83. The van der Waals surface area contributed by atoms with Gasteiger partial charge in [0.15, 0.2) is 0 Å². The highest BCUT2D eigenvalue weighted by molar-refractivity contribution is 9.10.